The molecule has 0 rings (SSSR count). The maximum absolute atomic E-state index is 13.7. The van der Waals surface area contributed by atoms with Crippen LogP contribution < -0.4 is 5.73 Å². The monoisotopic (exact) mass is 629 g/mol. The van der Waals surface area contributed by atoms with E-state index in [-0.39, 0.29) is 0 Å². The van der Waals surface area contributed by atoms with E-state index in [0.29, 0.717) is 0 Å². The minimum atomic E-state index is -9.04. The number of carbonyl (C=O) groups is 2. The largest absolute Gasteiger partial charge is 0.481 e. The lowest BCUT2D eigenvalue weighted by Gasteiger charge is -2.42. The average molecular weight is 629 g/mol. The Morgan fingerprint density at radius 2 is 0.974 bits per heavy atom. The molecule has 0 radical (unpaired) electrons. The molecule has 0 aromatic rings. The van der Waals surface area contributed by atoms with E-state index >= 15 is 0 Å². The lowest BCUT2D eigenvalue weighted by Crippen LogP contribution is -2.75. The van der Waals surface area contributed by atoms with Crippen LogP contribution in [0.2, 0.25) is 0 Å². The summed E-state index contributed by atoms with van der Waals surface area (Å²) in [7, 11) is -8.11. The summed E-state index contributed by atoms with van der Waals surface area (Å²) in [5.74, 6) is -57.5. The van der Waals surface area contributed by atoms with Crippen molar-refractivity contribution in [2.75, 3.05) is 0 Å². The van der Waals surface area contributed by atoms with Gasteiger partial charge in [0.25, 0.3) is 0 Å². The molecule has 0 saturated heterocycles. The van der Waals surface area contributed by atoms with Crippen LogP contribution in [-0.2, 0) is 23.9 Å². The van der Waals surface area contributed by atoms with Crippen molar-refractivity contribution in [3.63, 3.8) is 0 Å². The highest BCUT2D eigenvalue weighted by Gasteiger charge is 2.96. The second-order valence-electron chi connectivity index (χ2n) is 6.86. The Bertz CT molecular complexity index is 1020. The van der Waals surface area contributed by atoms with Crippen LogP contribution >= 0.6 is 0 Å². The number of carbonyl (C=O) groups excluding carboxylic acids is 1. The predicted octanol–water partition coefficient (Wildman–Crippen LogP) is 4.02. The smallest absolute Gasteiger partial charge is 0.460 e. The van der Waals surface area contributed by atoms with Crippen molar-refractivity contribution in [3.8, 4) is 0 Å². The summed E-state index contributed by atoms with van der Waals surface area (Å²) < 4.78 is 248. The molecule has 38 heavy (non-hydrogen) atoms. The summed E-state index contributed by atoms with van der Waals surface area (Å²) in [6.45, 7) is 0. The molecule has 0 aliphatic carbocycles. The van der Waals surface area contributed by atoms with E-state index in [0.717, 1.165) is 0 Å². The summed E-state index contributed by atoms with van der Waals surface area (Å²) >= 11 is 0. The van der Waals surface area contributed by atoms with E-state index in [1.165, 1.54) is 0 Å². The first-order valence-electron chi connectivity index (χ1n) is 8.39. The van der Waals surface area contributed by atoms with Gasteiger partial charge in [0, 0.05) is 6.42 Å². The zero-order chi connectivity index (χ0) is 31.4. The van der Waals surface area contributed by atoms with Crippen molar-refractivity contribution >= 4 is 22.1 Å². The average Bonchev–Trinajstić information content (AvgIpc) is 2.69. The number of hydrogen-bond donors (Lipinski definition) is 2. The third kappa shape index (κ3) is 5.13. The number of halogens is 17. The Hall–Kier alpha value is -2.34. The van der Waals surface area contributed by atoms with Crippen LogP contribution in [0.15, 0.2) is 0 Å². The van der Waals surface area contributed by atoms with E-state index in [9.17, 15) is 92.6 Å². The zero-order valence-electron chi connectivity index (χ0n) is 16.9. The summed E-state index contributed by atoms with van der Waals surface area (Å²) in [6.07, 6.45) is -10.4. The van der Waals surface area contributed by atoms with Crippen molar-refractivity contribution < 1.29 is 102 Å². The van der Waals surface area contributed by atoms with Crippen molar-refractivity contribution in [3.05, 3.63) is 0 Å². The standard InChI is InChI=1S/C13H8F17NO6S/c14-6(15,8(18,19)10(22,23)12(26,27)28)7(16,17)9(20,21)11(24,25)13(29,30)38(35,36)37-5(34)3(31)1-2-4(32)33/h3H,1-2,31H2,(H,32,33)/t3-/m0/s1. The molecule has 0 aliphatic rings. The second kappa shape index (κ2) is 9.69. The molecule has 226 valence electrons. The summed E-state index contributed by atoms with van der Waals surface area (Å²) in [6, 6.07) is -2.67. The highest BCUT2D eigenvalue weighted by molar-refractivity contribution is 7.88. The van der Waals surface area contributed by atoms with Gasteiger partial charge in [-0.15, -0.1) is 0 Å². The highest BCUT2D eigenvalue weighted by Crippen LogP contribution is 2.64. The summed E-state index contributed by atoms with van der Waals surface area (Å²) in [4.78, 5) is 21.5. The first-order chi connectivity index (χ1) is 16.2. The van der Waals surface area contributed by atoms with Crippen molar-refractivity contribution in [1.29, 1.82) is 0 Å². The number of nitrogens with two attached hydrogens (primary N) is 1. The third-order valence-electron chi connectivity index (χ3n) is 4.17. The molecule has 7 nitrogen and oxygen atoms in total. The minimum absolute atomic E-state index is 1.21. The Labute approximate surface area is 196 Å². The van der Waals surface area contributed by atoms with Gasteiger partial charge in [0.2, 0.25) is 0 Å². The van der Waals surface area contributed by atoms with Gasteiger partial charge in [0.15, 0.2) is 0 Å². The Morgan fingerprint density at radius 1 is 0.658 bits per heavy atom. The fraction of sp³-hybridized carbons (Fsp3) is 0.846. The number of aliphatic carboxylic acids is 1. The van der Waals surface area contributed by atoms with Gasteiger partial charge < -0.3 is 15.0 Å². The van der Waals surface area contributed by atoms with Crippen LogP contribution in [0.3, 0.4) is 0 Å². The number of rotatable bonds is 12. The normalized spacial score (nSPS) is 16.3. The maximum atomic E-state index is 13.7. The minimum Gasteiger partial charge on any atom is -0.481 e. The molecule has 0 amide bonds. The van der Waals surface area contributed by atoms with Crippen LogP contribution in [0.4, 0.5) is 74.6 Å². The molecule has 0 saturated carbocycles. The zero-order valence-corrected chi connectivity index (χ0v) is 17.7. The van der Waals surface area contributed by atoms with E-state index in [1.54, 1.807) is 0 Å². The molecular formula is C13H8F17NO6S. The Balaban J connectivity index is 6.70. The summed E-state index contributed by atoms with van der Waals surface area (Å²) in [5.41, 5.74) is 4.71. The van der Waals surface area contributed by atoms with E-state index < -0.39 is 87.9 Å². The fourth-order valence-electron chi connectivity index (χ4n) is 1.93. The van der Waals surface area contributed by atoms with Crippen molar-refractivity contribution in [1.82, 2.24) is 0 Å². The van der Waals surface area contributed by atoms with Crippen molar-refractivity contribution in [2.45, 2.75) is 65.8 Å². The van der Waals surface area contributed by atoms with Gasteiger partial charge in [-0.05, 0) is 6.42 Å². The van der Waals surface area contributed by atoms with Gasteiger partial charge >= 0.3 is 69.0 Å². The fourth-order valence-corrected chi connectivity index (χ4v) is 2.81. The maximum Gasteiger partial charge on any atom is 0.460 e. The predicted molar refractivity (Wildman–Crippen MR) is 80.5 cm³/mol. The van der Waals surface area contributed by atoms with E-state index in [2.05, 4.69) is 4.18 Å². The second-order valence-corrected chi connectivity index (χ2v) is 8.44. The quantitative estimate of drug-likeness (QED) is 0.247. The molecule has 3 N–H and O–H groups in total. The molecule has 0 bridgehead atoms. The van der Waals surface area contributed by atoms with Gasteiger partial charge in [0.1, 0.15) is 6.04 Å². The van der Waals surface area contributed by atoms with Crippen LogP contribution in [0, 0.1) is 0 Å². The topological polar surface area (TPSA) is 124 Å². The van der Waals surface area contributed by atoms with Crippen LogP contribution in [0.5, 0.6) is 0 Å². The van der Waals surface area contributed by atoms with Crippen LogP contribution in [0.25, 0.3) is 0 Å². The lowest BCUT2D eigenvalue weighted by molar-refractivity contribution is -0.458. The first-order valence-corrected chi connectivity index (χ1v) is 9.79. The van der Waals surface area contributed by atoms with E-state index in [1.807, 2.05) is 0 Å². The van der Waals surface area contributed by atoms with Gasteiger partial charge in [-0.3, -0.25) is 4.79 Å². The molecule has 0 aromatic heterocycles. The molecule has 0 spiro atoms. The molecule has 0 fully saturated rings. The summed E-state index contributed by atoms with van der Waals surface area (Å²) in [5, 5.41) is 0.224. The molecule has 25 heteroatoms. The molecule has 0 aromatic carbocycles. The van der Waals surface area contributed by atoms with Gasteiger partial charge in [-0.1, -0.05) is 0 Å². The molecule has 0 unspecified atom stereocenters. The molecule has 0 aliphatic heterocycles. The lowest BCUT2D eigenvalue weighted by atomic mass is 9.91. The van der Waals surface area contributed by atoms with Gasteiger partial charge in [-0.25, -0.2) is 4.79 Å². The number of hydrogen-bond acceptors (Lipinski definition) is 6. The Kier molecular flexibility index (Phi) is 9.09. The third-order valence-corrected chi connectivity index (χ3v) is 5.44. The molecule has 0 heterocycles. The van der Waals surface area contributed by atoms with Gasteiger partial charge in [0.05, 0.1) is 0 Å². The van der Waals surface area contributed by atoms with Crippen LogP contribution in [0.1, 0.15) is 12.8 Å². The molecular weight excluding hydrogens is 621 g/mol. The Morgan fingerprint density at radius 3 is 1.29 bits per heavy atom. The van der Waals surface area contributed by atoms with E-state index in [4.69, 9.17) is 10.8 Å². The number of alkyl halides is 17. The van der Waals surface area contributed by atoms with Crippen LogP contribution in [-0.4, -0.2) is 78.5 Å². The SMILES string of the molecule is N[C@@H](CCC(=O)O)C(=O)OS(=O)(=O)C(F)(F)C(F)(F)C(F)(F)C(F)(F)C(F)(F)C(F)(F)C(F)(F)C(F)(F)F. The van der Waals surface area contributed by atoms with Gasteiger partial charge in [-0.2, -0.15) is 83.1 Å². The highest BCUT2D eigenvalue weighted by atomic mass is 32.2. The number of carboxylic acid groups (broad SMARTS) is 1. The first kappa shape index (κ1) is 35.7. The van der Waals surface area contributed by atoms with Crippen molar-refractivity contribution in [2.24, 2.45) is 5.73 Å². The number of carboxylic acids is 1. The molecule has 1 atom stereocenters.